The number of aromatic nitrogens is 1. The first-order valence-electron chi connectivity index (χ1n) is 7.64. The fourth-order valence-electron chi connectivity index (χ4n) is 2.72. The van der Waals surface area contributed by atoms with Crippen LogP contribution in [-0.2, 0) is 17.7 Å². The van der Waals surface area contributed by atoms with Crippen LogP contribution in [0.25, 0.3) is 10.9 Å². The molecule has 0 saturated heterocycles. The zero-order chi connectivity index (χ0) is 16.8. The van der Waals surface area contributed by atoms with Crippen LogP contribution < -0.4 is 5.63 Å². The fraction of sp³-hybridized carbons (Fsp3) is 0.471. The van der Waals surface area contributed by atoms with E-state index in [9.17, 15) is 9.59 Å². The first kappa shape index (κ1) is 15.5. The van der Waals surface area contributed by atoms with E-state index in [-0.39, 0.29) is 6.09 Å². The van der Waals surface area contributed by atoms with Crippen LogP contribution in [-0.4, -0.2) is 28.1 Å². The number of benzene rings is 1. The summed E-state index contributed by atoms with van der Waals surface area (Å²) in [5, 5.41) is 0.445. The molecule has 6 heteroatoms. The lowest BCUT2D eigenvalue weighted by atomic mass is 9.98. The highest BCUT2D eigenvalue weighted by Gasteiger charge is 2.26. The lowest BCUT2D eigenvalue weighted by molar-refractivity contribution is 0.0224. The normalized spacial score (nSPS) is 14.7. The second-order valence-corrected chi connectivity index (χ2v) is 6.81. The average molecular weight is 316 g/mol. The van der Waals surface area contributed by atoms with Gasteiger partial charge in [0, 0.05) is 20.0 Å². The summed E-state index contributed by atoms with van der Waals surface area (Å²) in [5.41, 5.74) is 1.76. The van der Waals surface area contributed by atoms with Crippen LogP contribution in [0.15, 0.2) is 21.3 Å². The molecule has 1 aromatic heterocycles. The summed E-state index contributed by atoms with van der Waals surface area (Å²) in [6.45, 7) is 8.20. The highest BCUT2D eigenvalue weighted by atomic mass is 16.6. The number of ether oxygens (including phenoxy) is 1. The zero-order valence-corrected chi connectivity index (χ0v) is 13.8. The lowest BCUT2D eigenvalue weighted by Gasteiger charge is -2.31. The second-order valence-electron chi connectivity index (χ2n) is 6.81. The molecule has 2 heterocycles. The van der Waals surface area contributed by atoms with Crippen LogP contribution in [0.2, 0.25) is 0 Å². The Balaban J connectivity index is 1.93. The van der Waals surface area contributed by atoms with Gasteiger partial charge in [-0.25, -0.2) is 14.6 Å². The molecule has 0 aliphatic carbocycles. The van der Waals surface area contributed by atoms with Gasteiger partial charge >= 0.3 is 11.7 Å². The first-order chi connectivity index (χ1) is 10.7. The number of aryl methyl sites for hydroxylation is 1. The zero-order valence-electron chi connectivity index (χ0n) is 13.8. The maximum atomic E-state index is 12.2. The highest BCUT2D eigenvalue weighted by Crippen LogP contribution is 2.24. The van der Waals surface area contributed by atoms with E-state index in [1.807, 2.05) is 26.8 Å². The molecule has 1 aromatic carbocycles. The molecule has 3 rings (SSSR count). The minimum Gasteiger partial charge on any atom is -0.444 e. The van der Waals surface area contributed by atoms with Crippen molar-refractivity contribution in [2.24, 2.45) is 0 Å². The molecule has 0 unspecified atom stereocenters. The van der Waals surface area contributed by atoms with Gasteiger partial charge in [0.25, 0.3) is 0 Å². The van der Waals surface area contributed by atoms with E-state index in [0.717, 1.165) is 11.1 Å². The van der Waals surface area contributed by atoms with Gasteiger partial charge in [0.05, 0.1) is 10.9 Å². The topological polar surface area (TPSA) is 72.6 Å². The van der Waals surface area contributed by atoms with E-state index in [4.69, 9.17) is 9.15 Å². The van der Waals surface area contributed by atoms with Crippen LogP contribution in [0.3, 0.4) is 0 Å². The Morgan fingerprint density at radius 1 is 1.30 bits per heavy atom. The molecule has 0 bridgehead atoms. The molecule has 0 N–H and O–H groups in total. The van der Waals surface area contributed by atoms with Crippen LogP contribution in [0.5, 0.6) is 0 Å². The number of fused-ring (bicyclic) bond motifs is 2. The Hall–Kier alpha value is -2.37. The molecule has 0 atom stereocenters. The van der Waals surface area contributed by atoms with Crippen molar-refractivity contribution in [3.8, 4) is 0 Å². The Morgan fingerprint density at radius 3 is 2.74 bits per heavy atom. The number of rotatable bonds is 0. The van der Waals surface area contributed by atoms with E-state index in [2.05, 4.69) is 4.98 Å². The van der Waals surface area contributed by atoms with Gasteiger partial charge in [-0.2, -0.15) is 0 Å². The highest BCUT2D eigenvalue weighted by molar-refractivity contribution is 5.79. The average Bonchev–Trinajstić information content (AvgIpc) is 2.43. The lowest BCUT2D eigenvalue weighted by Crippen LogP contribution is -2.39. The molecule has 1 aliphatic rings. The van der Waals surface area contributed by atoms with E-state index >= 15 is 0 Å². The number of carbonyl (C=O) groups is 1. The van der Waals surface area contributed by atoms with Crippen molar-refractivity contribution in [1.29, 1.82) is 0 Å². The van der Waals surface area contributed by atoms with E-state index in [1.54, 1.807) is 17.9 Å². The third kappa shape index (κ3) is 3.21. The summed E-state index contributed by atoms with van der Waals surface area (Å²) < 4.78 is 10.5. The van der Waals surface area contributed by atoms with Gasteiger partial charge < -0.3 is 14.1 Å². The van der Waals surface area contributed by atoms with Gasteiger partial charge in [-0.05, 0) is 50.5 Å². The largest absolute Gasteiger partial charge is 0.444 e. The van der Waals surface area contributed by atoms with Crippen LogP contribution >= 0.6 is 0 Å². The second kappa shape index (κ2) is 5.37. The molecule has 0 fully saturated rings. The summed E-state index contributed by atoms with van der Waals surface area (Å²) in [7, 11) is 0. The van der Waals surface area contributed by atoms with Gasteiger partial charge in [0.15, 0.2) is 5.89 Å². The van der Waals surface area contributed by atoms with Crippen molar-refractivity contribution < 1.29 is 13.9 Å². The van der Waals surface area contributed by atoms with E-state index < -0.39 is 11.2 Å². The predicted molar refractivity (Wildman–Crippen MR) is 85.4 cm³/mol. The number of hydrogen-bond donors (Lipinski definition) is 0. The van der Waals surface area contributed by atoms with E-state index in [1.165, 1.54) is 0 Å². The first-order valence-corrected chi connectivity index (χ1v) is 7.64. The van der Waals surface area contributed by atoms with Crippen molar-refractivity contribution in [3.63, 3.8) is 0 Å². The molecule has 0 radical (unpaired) electrons. The smallest absolute Gasteiger partial charge is 0.410 e. The quantitative estimate of drug-likeness (QED) is 0.747. The van der Waals surface area contributed by atoms with Crippen molar-refractivity contribution in [2.45, 2.75) is 46.3 Å². The van der Waals surface area contributed by atoms with Gasteiger partial charge in [0.2, 0.25) is 0 Å². The Bertz CT molecular complexity index is 833. The minimum absolute atomic E-state index is 0.336. The Labute approximate surface area is 134 Å². The summed E-state index contributed by atoms with van der Waals surface area (Å²) in [5.74, 6) is 0.355. The maximum Gasteiger partial charge on any atom is 0.410 e. The number of amides is 1. The molecular formula is C17H20N2O4. The molecule has 122 valence electrons. The van der Waals surface area contributed by atoms with Gasteiger partial charge in [-0.1, -0.05) is 0 Å². The maximum absolute atomic E-state index is 12.2. The van der Waals surface area contributed by atoms with Crippen LogP contribution in [0, 0.1) is 6.92 Å². The van der Waals surface area contributed by atoms with Gasteiger partial charge in [-0.15, -0.1) is 0 Å². The molecule has 0 spiro atoms. The summed E-state index contributed by atoms with van der Waals surface area (Å²) in [6, 6.07) is 3.69. The molecule has 0 saturated carbocycles. The standard InChI is InChI=1S/C17H20N2O4/c1-10-18-14-8-11-5-6-19(16(21)23-17(2,3)4)9-12(11)7-13(14)15(20)22-10/h7-8H,5-6,9H2,1-4H3. The van der Waals surface area contributed by atoms with Crippen molar-refractivity contribution in [1.82, 2.24) is 9.88 Å². The SMILES string of the molecule is Cc1nc2cc3c(cc2c(=O)o1)CN(C(=O)OC(C)(C)C)CC3. The van der Waals surface area contributed by atoms with Gasteiger partial charge in [0.1, 0.15) is 5.60 Å². The molecule has 23 heavy (non-hydrogen) atoms. The third-order valence-electron chi connectivity index (χ3n) is 3.72. The van der Waals surface area contributed by atoms with Crippen molar-refractivity contribution in [3.05, 3.63) is 39.6 Å². The Morgan fingerprint density at radius 2 is 2.04 bits per heavy atom. The van der Waals surface area contributed by atoms with Crippen molar-refractivity contribution in [2.75, 3.05) is 6.54 Å². The predicted octanol–water partition coefficient (Wildman–Crippen LogP) is 2.79. The van der Waals surface area contributed by atoms with Crippen molar-refractivity contribution >= 4 is 17.0 Å². The Kier molecular flexibility index (Phi) is 3.62. The van der Waals surface area contributed by atoms with Gasteiger partial charge in [-0.3, -0.25) is 0 Å². The van der Waals surface area contributed by atoms with Crippen LogP contribution in [0.1, 0.15) is 37.8 Å². The van der Waals surface area contributed by atoms with E-state index in [0.29, 0.717) is 36.3 Å². The van der Waals surface area contributed by atoms with Crippen LogP contribution in [0.4, 0.5) is 4.79 Å². The monoisotopic (exact) mass is 316 g/mol. The third-order valence-corrected chi connectivity index (χ3v) is 3.72. The molecule has 2 aromatic rings. The number of carbonyl (C=O) groups excluding carboxylic acids is 1. The molecule has 1 amide bonds. The minimum atomic E-state index is -0.525. The summed E-state index contributed by atoms with van der Waals surface area (Å²) >= 11 is 0. The summed E-state index contributed by atoms with van der Waals surface area (Å²) in [4.78, 5) is 30.1. The number of hydrogen-bond acceptors (Lipinski definition) is 5. The molecule has 6 nitrogen and oxygen atoms in total. The number of nitrogens with zero attached hydrogens (tertiary/aromatic N) is 2. The summed E-state index contributed by atoms with van der Waals surface area (Å²) in [6.07, 6.45) is 0.378. The molecule has 1 aliphatic heterocycles. The fourth-order valence-corrected chi connectivity index (χ4v) is 2.72. The molecular weight excluding hydrogens is 296 g/mol.